The van der Waals surface area contributed by atoms with Gasteiger partial charge in [0.2, 0.25) is 0 Å². The number of nitrogens with two attached hydrogens (primary N) is 1. The van der Waals surface area contributed by atoms with Gasteiger partial charge in [-0.15, -0.1) is 0 Å². The minimum atomic E-state index is -1.40. The molecule has 1 aromatic rings. The van der Waals surface area contributed by atoms with Crippen LogP contribution in [0.15, 0.2) is 21.2 Å². The van der Waals surface area contributed by atoms with Crippen LogP contribution < -0.4 is 11.5 Å². The number of hydrogen-bond donors (Lipinski definition) is 2. The lowest BCUT2D eigenvalue weighted by atomic mass is 9.97. The Morgan fingerprint density at radius 2 is 2.32 bits per heavy atom. The summed E-state index contributed by atoms with van der Waals surface area (Å²) in [5.41, 5.74) is 4.10. The monoisotopic (exact) mass is 273 g/mol. The zero-order valence-electron chi connectivity index (χ0n) is 10.7. The highest BCUT2D eigenvalue weighted by Gasteiger charge is 2.26. The molecular formula is C11H16FN3O4. The van der Waals surface area contributed by atoms with Crippen molar-refractivity contribution in [2.45, 2.75) is 38.8 Å². The Morgan fingerprint density at radius 1 is 1.68 bits per heavy atom. The summed E-state index contributed by atoms with van der Waals surface area (Å²) in [5.74, 6) is -2.19. The number of aliphatic carboxylic acids is 1. The van der Waals surface area contributed by atoms with Gasteiger partial charge in [0.15, 0.2) is 5.82 Å². The molecule has 1 atom stereocenters. The molecule has 1 heterocycles. The third-order valence-corrected chi connectivity index (χ3v) is 2.69. The number of hydrogen-bond acceptors (Lipinski definition) is 5. The summed E-state index contributed by atoms with van der Waals surface area (Å²) in [6, 6.07) is 0. The van der Waals surface area contributed by atoms with Gasteiger partial charge < -0.3 is 10.8 Å². The molecule has 0 spiro atoms. The van der Waals surface area contributed by atoms with Gasteiger partial charge in [-0.1, -0.05) is 11.2 Å². The van der Waals surface area contributed by atoms with Crippen LogP contribution in [-0.4, -0.2) is 26.3 Å². The van der Waals surface area contributed by atoms with E-state index in [1.807, 2.05) is 0 Å². The Labute approximate surface area is 108 Å². The van der Waals surface area contributed by atoms with Crippen LogP contribution in [-0.2, 0) is 11.3 Å². The molecule has 1 aromatic heterocycles. The van der Waals surface area contributed by atoms with Crippen molar-refractivity contribution in [3.05, 3.63) is 28.3 Å². The average molecular weight is 273 g/mol. The third kappa shape index (κ3) is 4.02. The predicted octanol–water partition coefficient (Wildman–Crippen LogP) is 0.580. The number of aromatic nitrogens is 2. The molecule has 1 rings (SSSR count). The fourth-order valence-corrected chi connectivity index (χ4v) is 1.37. The van der Waals surface area contributed by atoms with E-state index in [0.29, 0.717) is 0 Å². The largest absolute Gasteiger partial charge is 0.480 e. The SMILES string of the molecule is Cc1noc(=O)n1C/C(F)=C/CCC(C)(N)C(=O)O. The van der Waals surface area contributed by atoms with E-state index < -0.39 is 23.1 Å². The number of rotatable bonds is 6. The fraction of sp³-hybridized carbons (Fsp3) is 0.545. The van der Waals surface area contributed by atoms with Crippen LogP contribution in [0.25, 0.3) is 0 Å². The summed E-state index contributed by atoms with van der Waals surface area (Å²) in [6.07, 6.45) is 1.45. The van der Waals surface area contributed by atoms with Crippen LogP contribution in [0, 0.1) is 6.92 Å². The average Bonchev–Trinajstić information content (AvgIpc) is 2.60. The number of halogens is 1. The Balaban J connectivity index is 2.60. The molecule has 0 radical (unpaired) electrons. The van der Waals surface area contributed by atoms with Crippen molar-refractivity contribution in [2.24, 2.45) is 5.73 Å². The van der Waals surface area contributed by atoms with E-state index in [9.17, 15) is 14.0 Å². The maximum Gasteiger partial charge on any atom is 0.441 e. The summed E-state index contributed by atoms with van der Waals surface area (Å²) in [4.78, 5) is 21.9. The lowest BCUT2D eigenvalue weighted by Gasteiger charge is -2.17. The van der Waals surface area contributed by atoms with Gasteiger partial charge >= 0.3 is 11.7 Å². The minimum Gasteiger partial charge on any atom is -0.480 e. The van der Waals surface area contributed by atoms with Crippen LogP contribution in [0.5, 0.6) is 0 Å². The number of carboxylic acids is 1. The van der Waals surface area contributed by atoms with E-state index in [-0.39, 0.29) is 25.2 Å². The van der Waals surface area contributed by atoms with Gasteiger partial charge in [0.25, 0.3) is 0 Å². The van der Waals surface area contributed by atoms with Crippen molar-refractivity contribution in [3.63, 3.8) is 0 Å². The van der Waals surface area contributed by atoms with Crippen molar-refractivity contribution in [3.8, 4) is 0 Å². The fourth-order valence-electron chi connectivity index (χ4n) is 1.37. The van der Waals surface area contributed by atoms with Gasteiger partial charge in [0.1, 0.15) is 11.4 Å². The lowest BCUT2D eigenvalue weighted by molar-refractivity contribution is -0.142. The van der Waals surface area contributed by atoms with Gasteiger partial charge in [-0.25, -0.2) is 9.18 Å². The van der Waals surface area contributed by atoms with E-state index in [2.05, 4.69) is 9.68 Å². The maximum absolute atomic E-state index is 13.5. The summed E-state index contributed by atoms with van der Waals surface area (Å²) in [7, 11) is 0. The van der Waals surface area contributed by atoms with Crippen LogP contribution in [0.1, 0.15) is 25.6 Å². The molecule has 106 valence electrons. The first-order valence-corrected chi connectivity index (χ1v) is 5.64. The molecular weight excluding hydrogens is 257 g/mol. The van der Waals surface area contributed by atoms with E-state index >= 15 is 0 Å². The van der Waals surface area contributed by atoms with Gasteiger partial charge in [-0.2, -0.15) is 0 Å². The Kier molecular flexibility index (Phi) is 4.60. The zero-order valence-corrected chi connectivity index (χ0v) is 10.7. The first kappa shape index (κ1) is 15.1. The molecule has 1 unspecified atom stereocenters. The molecule has 0 fully saturated rings. The smallest absolute Gasteiger partial charge is 0.441 e. The number of allylic oxidation sites excluding steroid dienone is 2. The molecule has 0 amide bonds. The summed E-state index contributed by atoms with van der Waals surface area (Å²) in [6.45, 7) is 2.58. The highest BCUT2D eigenvalue weighted by atomic mass is 19.1. The molecule has 3 N–H and O–H groups in total. The number of nitrogens with zero attached hydrogens (tertiary/aromatic N) is 2. The van der Waals surface area contributed by atoms with E-state index in [1.165, 1.54) is 19.9 Å². The number of carbonyl (C=O) groups is 1. The molecule has 8 heteroatoms. The second-order valence-electron chi connectivity index (χ2n) is 4.49. The highest BCUT2D eigenvalue weighted by molar-refractivity contribution is 5.77. The van der Waals surface area contributed by atoms with Crippen LogP contribution in [0.4, 0.5) is 4.39 Å². The lowest BCUT2D eigenvalue weighted by Crippen LogP contribution is -2.44. The Bertz CT molecular complexity index is 544. The van der Waals surface area contributed by atoms with Gasteiger partial charge in [-0.05, 0) is 26.7 Å². The molecule has 0 bridgehead atoms. The number of aryl methyl sites for hydroxylation is 1. The summed E-state index contributed by atoms with van der Waals surface area (Å²) in [5, 5.41) is 12.2. The molecule has 19 heavy (non-hydrogen) atoms. The second-order valence-corrected chi connectivity index (χ2v) is 4.49. The first-order valence-electron chi connectivity index (χ1n) is 5.64. The second kappa shape index (κ2) is 5.79. The third-order valence-electron chi connectivity index (χ3n) is 2.69. The molecule has 0 saturated heterocycles. The molecule has 0 saturated carbocycles. The van der Waals surface area contributed by atoms with Crippen molar-refractivity contribution >= 4 is 5.97 Å². The minimum absolute atomic E-state index is 0.0905. The van der Waals surface area contributed by atoms with Gasteiger partial charge in [0.05, 0.1) is 6.54 Å². The molecule has 0 aliphatic rings. The first-order chi connectivity index (χ1) is 8.74. The predicted molar refractivity (Wildman–Crippen MR) is 64.2 cm³/mol. The van der Waals surface area contributed by atoms with Gasteiger partial charge in [0, 0.05) is 0 Å². The van der Waals surface area contributed by atoms with Gasteiger partial charge in [-0.3, -0.25) is 13.9 Å². The van der Waals surface area contributed by atoms with Crippen molar-refractivity contribution in [2.75, 3.05) is 0 Å². The van der Waals surface area contributed by atoms with Crippen molar-refractivity contribution in [1.29, 1.82) is 0 Å². The van der Waals surface area contributed by atoms with E-state index in [0.717, 1.165) is 4.57 Å². The summed E-state index contributed by atoms with van der Waals surface area (Å²) >= 11 is 0. The molecule has 7 nitrogen and oxygen atoms in total. The Morgan fingerprint density at radius 3 is 2.79 bits per heavy atom. The van der Waals surface area contributed by atoms with E-state index in [1.54, 1.807) is 0 Å². The Hall–Kier alpha value is -1.96. The van der Waals surface area contributed by atoms with E-state index in [4.69, 9.17) is 10.8 Å². The number of carboxylic acid groups (broad SMARTS) is 1. The van der Waals surface area contributed by atoms with Crippen LogP contribution >= 0.6 is 0 Å². The van der Waals surface area contributed by atoms with Crippen molar-refractivity contribution in [1.82, 2.24) is 9.72 Å². The zero-order chi connectivity index (χ0) is 14.6. The normalized spacial score (nSPS) is 15.3. The topological polar surface area (TPSA) is 111 Å². The molecule has 0 aliphatic heterocycles. The molecule has 0 aliphatic carbocycles. The summed E-state index contributed by atoms with van der Waals surface area (Å²) < 4.78 is 18.9. The quantitative estimate of drug-likeness (QED) is 0.784. The van der Waals surface area contributed by atoms with Crippen molar-refractivity contribution < 1.29 is 18.8 Å². The van der Waals surface area contributed by atoms with Crippen LogP contribution in [0.3, 0.4) is 0 Å². The molecule has 0 aromatic carbocycles. The maximum atomic E-state index is 13.5. The standard InChI is InChI=1S/C11H16FN3O4/c1-7-14-19-10(18)15(7)6-8(12)4-3-5-11(2,13)9(16)17/h4H,3,5-6,13H2,1-2H3,(H,16,17)/b8-4-. The highest BCUT2D eigenvalue weighted by Crippen LogP contribution is 2.12. The van der Waals surface area contributed by atoms with Crippen LogP contribution in [0.2, 0.25) is 0 Å².